The van der Waals surface area contributed by atoms with Gasteiger partial charge in [-0.25, -0.2) is 9.97 Å². The number of hydrogen-bond acceptors (Lipinski definition) is 6. The van der Waals surface area contributed by atoms with Crippen LogP contribution in [-0.2, 0) is 0 Å². The lowest BCUT2D eigenvalue weighted by Gasteiger charge is -2.09. The van der Waals surface area contributed by atoms with E-state index in [0.717, 1.165) is 16.7 Å². The molecule has 0 saturated heterocycles. The first kappa shape index (κ1) is 12.0. The zero-order valence-electron chi connectivity index (χ0n) is 10.7. The zero-order valence-corrected chi connectivity index (χ0v) is 10.7. The number of aromatic nitrogens is 2. The standard InChI is InChI=1S/C14H11N5O/c1-19(8-15)14-6-13(16-9-17-14)18-11-7-20-12-5-3-2-4-10(11)12/h2-7,9H,1H3,(H,16,17,18). The SMILES string of the molecule is CN(C#N)c1cc(Nc2coc3ccccc23)ncn1. The van der Waals surface area contributed by atoms with E-state index in [0.29, 0.717) is 11.6 Å². The monoisotopic (exact) mass is 265 g/mol. The molecule has 0 aliphatic rings. The van der Waals surface area contributed by atoms with Gasteiger partial charge in [0.15, 0.2) is 6.19 Å². The number of anilines is 3. The normalized spacial score (nSPS) is 10.2. The maximum atomic E-state index is 8.86. The van der Waals surface area contributed by atoms with Gasteiger partial charge < -0.3 is 9.73 Å². The number of para-hydroxylation sites is 1. The van der Waals surface area contributed by atoms with E-state index in [-0.39, 0.29) is 0 Å². The van der Waals surface area contributed by atoms with Crippen LogP contribution >= 0.6 is 0 Å². The molecule has 0 atom stereocenters. The molecule has 0 bridgehead atoms. The molecule has 3 aromatic rings. The molecule has 6 nitrogen and oxygen atoms in total. The molecule has 2 aromatic heterocycles. The first-order valence-electron chi connectivity index (χ1n) is 5.96. The van der Waals surface area contributed by atoms with Gasteiger partial charge in [-0.2, -0.15) is 5.26 Å². The van der Waals surface area contributed by atoms with E-state index in [2.05, 4.69) is 15.3 Å². The number of rotatable bonds is 3. The van der Waals surface area contributed by atoms with E-state index in [1.165, 1.54) is 11.2 Å². The summed E-state index contributed by atoms with van der Waals surface area (Å²) in [7, 11) is 1.64. The second-order valence-corrected chi connectivity index (χ2v) is 4.19. The molecule has 0 amide bonds. The lowest BCUT2D eigenvalue weighted by atomic mass is 10.2. The summed E-state index contributed by atoms with van der Waals surface area (Å²) in [5, 5.41) is 13.0. The van der Waals surface area contributed by atoms with Gasteiger partial charge in [-0.05, 0) is 12.1 Å². The highest BCUT2D eigenvalue weighted by molar-refractivity contribution is 5.92. The maximum absolute atomic E-state index is 8.86. The van der Waals surface area contributed by atoms with Crippen molar-refractivity contribution >= 4 is 28.3 Å². The predicted molar refractivity (Wildman–Crippen MR) is 75.5 cm³/mol. The molecule has 0 spiro atoms. The fourth-order valence-electron chi connectivity index (χ4n) is 1.86. The van der Waals surface area contributed by atoms with Crippen molar-refractivity contribution in [2.75, 3.05) is 17.3 Å². The first-order valence-corrected chi connectivity index (χ1v) is 5.96. The lowest BCUT2D eigenvalue weighted by Crippen LogP contribution is -2.10. The minimum Gasteiger partial charge on any atom is -0.462 e. The Kier molecular flexibility index (Phi) is 2.94. The van der Waals surface area contributed by atoms with Crippen molar-refractivity contribution in [3.05, 3.63) is 42.9 Å². The second kappa shape index (κ2) is 4.90. The largest absolute Gasteiger partial charge is 0.462 e. The minimum atomic E-state index is 0.526. The summed E-state index contributed by atoms with van der Waals surface area (Å²) < 4.78 is 5.45. The molecule has 0 fully saturated rings. The molecular formula is C14H11N5O. The summed E-state index contributed by atoms with van der Waals surface area (Å²) in [4.78, 5) is 9.53. The topological polar surface area (TPSA) is 78.0 Å². The molecule has 0 radical (unpaired) electrons. The van der Waals surface area contributed by atoms with E-state index in [4.69, 9.17) is 9.68 Å². The highest BCUT2D eigenvalue weighted by Gasteiger charge is 2.07. The average Bonchev–Trinajstić information content (AvgIpc) is 2.90. The highest BCUT2D eigenvalue weighted by atomic mass is 16.3. The molecule has 0 unspecified atom stereocenters. The summed E-state index contributed by atoms with van der Waals surface area (Å²) in [5.41, 5.74) is 1.63. The van der Waals surface area contributed by atoms with Crippen molar-refractivity contribution in [1.29, 1.82) is 5.26 Å². The number of benzene rings is 1. The van der Waals surface area contributed by atoms with Gasteiger partial charge in [0.05, 0.1) is 5.69 Å². The van der Waals surface area contributed by atoms with Gasteiger partial charge in [0.2, 0.25) is 0 Å². The Bertz CT molecular complexity index is 789. The predicted octanol–water partition coefficient (Wildman–Crippen LogP) is 2.88. The van der Waals surface area contributed by atoms with Crippen molar-refractivity contribution in [2.45, 2.75) is 0 Å². The van der Waals surface area contributed by atoms with Gasteiger partial charge in [-0.1, -0.05) is 12.1 Å². The smallest absolute Gasteiger partial charge is 0.185 e. The number of nitrogens with zero attached hydrogens (tertiary/aromatic N) is 4. The molecular weight excluding hydrogens is 254 g/mol. The van der Waals surface area contributed by atoms with E-state index in [1.54, 1.807) is 19.4 Å². The number of nitriles is 1. The van der Waals surface area contributed by atoms with Crippen LogP contribution in [0.1, 0.15) is 0 Å². The fourth-order valence-corrected chi connectivity index (χ4v) is 1.86. The Morgan fingerprint density at radius 2 is 2.15 bits per heavy atom. The summed E-state index contributed by atoms with van der Waals surface area (Å²) in [6.45, 7) is 0. The van der Waals surface area contributed by atoms with E-state index in [1.807, 2.05) is 30.5 Å². The van der Waals surface area contributed by atoms with Gasteiger partial charge in [-0.3, -0.25) is 4.90 Å². The van der Waals surface area contributed by atoms with E-state index in [9.17, 15) is 0 Å². The van der Waals surface area contributed by atoms with Crippen LogP contribution in [0.3, 0.4) is 0 Å². The van der Waals surface area contributed by atoms with Crippen LogP contribution in [0.2, 0.25) is 0 Å². The molecule has 1 aromatic carbocycles. The van der Waals surface area contributed by atoms with Gasteiger partial charge in [0.25, 0.3) is 0 Å². The Morgan fingerprint density at radius 1 is 1.30 bits per heavy atom. The minimum absolute atomic E-state index is 0.526. The zero-order chi connectivity index (χ0) is 13.9. The Labute approximate surface area is 115 Å². The quantitative estimate of drug-likeness (QED) is 0.579. The molecule has 0 aliphatic heterocycles. The van der Waals surface area contributed by atoms with Crippen LogP contribution in [-0.4, -0.2) is 17.0 Å². The average molecular weight is 265 g/mol. The van der Waals surface area contributed by atoms with Crippen LogP contribution in [0.4, 0.5) is 17.3 Å². The number of nitrogens with one attached hydrogen (secondary N) is 1. The fraction of sp³-hybridized carbons (Fsp3) is 0.0714. The molecule has 20 heavy (non-hydrogen) atoms. The van der Waals surface area contributed by atoms with Crippen molar-refractivity contribution in [3.8, 4) is 6.19 Å². The summed E-state index contributed by atoms with van der Waals surface area (Å²) in [6, 6.07) is 9.42. The van der Waals surface area contributed by atoms with Crippen molar-refractivity contribution < 1.29 is 4.42 Å². The van der Waals surface area contributed by atoms with Crippen LogP contribution in [0.15, 0.2) is 47.3 Å². The third-order valence-electron chi connectivity index (χ3n) is 2.89. The van der Waals surface area contributed by atoms with Gasteiger partial charge in [-0.15, -0.1) is 0 Å². The first-order chi connectivity index (χ1) is 9.78. The van der Waals surface area contributed by atoms with Crippen LogP contribution in [0, 0.1) is 11.5 Å². The summed E-state index contributed by atoms with van der Waals surface area (Å²) in [5.74, 6) is 1.13. The third-order valence-corrected chi connectivity index (χ3v) is 2.89. The molecule has 0 aliphatic carbocycles. The molecule has 98 valence electrons. The molecule has 3 rings (SSSR count). The van der Waals surface area contributed by atoms with Crippen LogP contribution in [0.25, 0.3) is 11.0 Å². The maximum Gasteiger partial charge on any atom is 0.185 e. The summed E-state index contributed by atoms with van der Waals surface area (Å²) in [6.07, 6.45) is 5.04. The Hall–Kier alpha value is -3.07. The van der Waals surface area contributed by atoms with E-state index < -0.39 is 0 Å². The Balaban J connectivity index is 1.93. The Morgan fingerprint density at radius 3 is 3.00 bits per heavy atom. The summed E-state index contributed by atoms with van der Waals surface area (Å²) >= 11 is 0. The number of fused-ring (bicyclic) bond motifs is 1. The second-order valence-electron chi connectivity index (χ2n) is 4.19. The van der Waals surface area contributed by atoms with Gasteiger partial charge in [0, 0.05) is 18.5 Å². The number of hydrogen-bond donors (Lipinski definition) is 1. The van der Waals surface area contributed by atoms with Crippen molar-refractivity contribution in [1.82, 2.24) is 9.97 Å². The lowest BCUT2D eigenvalue weighted by molar-refractivity contribution is 0.617. The molecule has 1 N–H and O–H groups in total. The van der Waals surface area contributed by atoms with Crippen molar-refractivity contribution in [3.63, 3.8) is 0 Å². The van der Waals surface area contributed by atoms with Crippen molar-refractivity contribution in [2.24, 2.45) is 0 Å². The number of furan rings is 1. The van der Waals surface area contributed by atoms with Crippen LogP contribution < -0.4 is 10.2 Å². The van der Waals surface area contributed by atoms with Crippen LogP contribution in [0.5, 0.6) is 0 Å². The highest BCUT2D eigenvalue weighted by Crippen LogP contribution is 2.28. The molecule has 2 heterocycles. The van der Waals surface area contributed by atoms with Gasteiger partial charge in [0.1, 0.15) is 29.8 Å². The molecule has 0 saturated carbocycles. The molecule has 6 heteroatoms. The third kappa shape index (κ3) is 2.12. The van der Waals surface area contributed by atoms with E-state index >= 15 is 0 Å². The van der Waals surface area contributed by atoms with Gasteiger partial charge >= 0.3 is 0 Å².